The monoisotopic (exact) mass is 400 g/mol. The Morgan fingerprint density at radius 1 is 0.655 bits per heavy atom. The SMILES string of the molecule is CC1=C(C(C)C)c2cccc([Si](C)(C)c3cccc4c3CC(C)=C4C(C)C)c2C1. The van der Waals surface area contributed by atoms with Gasteiger partial charge in [-0.3, -0.25) is 0 Å². The van der Waals surface area contributed by atoms with E-state index in [1.54, 1.807) is 43.8 Å². The van der Waals surface area contributed by atoms with Crippen molar-refractivity contribution < 1.29 is 0 Å². The molecule has 152 valence electrons. The maximum Gasteiger partial charge on any atom is 0.113 e. The largest absolute Gasteiger partial charge is 0.113 e. The van der Waals surface area contributed by atoms with Crippen LogP contribution in [0.2, 0.25) is 13.1 Å². The van der Waals surface area contributed by atoms with Crippen LogP contribution < -0.4 is 10.4 Å². The van der Waals surface area contributed by atoms with Gasteiger partial charge in [0, 0.05) is 0 Å². The molecule has 0 aromatic heterocycles. The van der Waals surface area contributed by atoms with Gasteiger partial charge in [-0.05, 0) is 71.9 Å². The summed E-state index contributed by atoms with van der Waals surface area (Å²) in [6.45, 7) is 19.2. The Hall–Kier alpha value is -1.86. The van der Waals surface area contributed by atoms with E-state index >= 15 is 0 Å². The van der Waals surface area contributed by atoms with Crippen molar-refractivity contribution in [1.29, 1.82) is 0 Å². The number of hydrogen-bond donors (Lipinski definition) is 0. The van der Waals surface area contributed by atoms with Gasteiger partial charge in [0.05, 0.1) is 0 Å². The predicted molar refractivity (Wildman–Crippen MR) is 132 cm³/mol. The number of fused-ring (bicyclic) bond motifs is 2. The fourth-order valence-corrected chi connectivity index (χ4v) is 9.43. The van der Waals surface area contributed by atoms with E-state index in [2.05, 4.69) is 91.0 Å². The molecule has 4 rings (SSSR count). The van der Waals surface area contributed by atoms with Crippen LogP contribution in [0.4, 0.5) is 0 Å². The summed E-state index contributed by atoms with van der Waals surface area (Å²) in [5, 5.41) is 3.29. The van der Waals surface area contributed by atoms with Crippen LogP contribution in [-0.2, 0) is 12.8 Å². The maximum absolute atomic E-state index is 2.57. The Morgan fingerprint density at radius 3 is 1.38 bits per heavy atom. The van der Waals surface area contributed by atoms with Crippen LogP contribution in [0.25, 0.3) is 11.1 Å². The summed E-state index contributed by atoms with van der Waals surface area (Å²) in [4.78, 5) is 0. The average Bonchev–Trinajstić information content (AvgIpc) is 3.15. The molecular formula is C28H36Si. The van der Waals surface area contributed by atoms with Crippen LogP contribution in [0.3, 0.4) is 0 Å². The molecule has 0 bridgehead atoms. The summed E-state index contributed by atoms with van der Waals surface area (Å²) in [5.41, 5.74) is 12.6. The first-order valence-corrected chi connectivity index (χ1v) is 14.3. The van der Waals surface area contributed by atoms with E-state index in [0.717, 1.165) is 12.8 Å². The van der Waals surface area contributed by atoms with Crippen molar-refractivity contribution in [2.45, 2.75) is 67.5 Å². The first-order valence-electron chi connectivity index (χ1n) is 11.3. The summed E-state index contributed by atoms with van der Waals surface area (Å²) in [5.74, 6) is 1.19. The number of rotatable bonds is 4. The molecule has 0 aliphatic heterocycles. The molecule has 0 saturated carbocycles. The summed E-state index contributed by atoms with van der Waals surface area (Å²) < 4.78 is 0. The van der Waals surface area contributed by atoms with Crippen LogP contribution in [0, 0.1) is 11.8 Å². The molecule has 0 amide bonds. The fraction of sp³-hybridized carbons (Fsp3) is 0.429. The zero-order chi connectivity index (χ0) is 21.1. The van der Waals surface area contributed by atoms with Crippen LogP contribution in [0.5, 0.6) is 0 Å². The van der Waals surface area contributed by atoms with Gasteiger partial charge in [0.2, 0.25) is 0 Å². The van der Waals surface area contributed by atoms with Crippen molar-refractivity contribution in [3.8, 4) is 0 Å². The zero-order valence-corrected chi connectivity index (χ0v) is 20.5. The van der Waals surface area contributed by atoms with Crippen molar-refractivity contribution in [3.63, 3.8) is 0 Å². The lowest BCUT2D eigenvalue weighted by Gasteiger charge is -2.29. The van der Waals surface area contributed by atoms with Crippen molar-refractivity contribution in [2.24, 2.45) is 11.8 Å². The summed E-state index contributed by atoms with van der Waals surface area (Å²) >= 11 is 0. The number of allylic oxidation sites excluding steroid dienone is 4. The van der Waals surface area contributed by atoms with E-state index in [4.69, 9.17) is 0 Å². The van der Waals surface area contributed by atoms with E-state index < -0.39 is 8.07 Å². The highest BCUT2D eigenvalue weighted by Crippen LogP contribution is 2.39. The Kier molecular flexibility index (Phi) is 5.02. The molecule has 29 heavy (non-hydrogen) atoms. The van der Waals surface area contributed by atoms with Gasteiger partial charge in [0.25, 0.3) is 0 Å². The first-order chi connectivity index (χ1) is 13.6. The van der Waals surface area contributed by atoms with Crippen molar-refractivity contribution in [2.75, 3.05) is 0 Å². The van der Waals surface area contributed by atoms with E-state index in [0.29, 0.717) is 11.8 Å². The van der Waals surface area contributed by atoms with Crippen LogP contribution in [-0.4, -0.2) is 8.07 Å². The molecule has 0 heterocycles. The molecule has 2 aliphatic carbocycles. The third-order valence-electron chi connectivity index (χ3n) is 7.24. The molecule has 0 atom stereocenters. The Bertz CT molecular complexity index is 960. The van der Waals surface area contributed by atoms with E-state index in [1.807, 2.05) is 0 Å². The second kappa shape index (κ2) is 7.13. The molecule has 2 aromatic rings. The molecule has 0 unspecified atom stereocenters. The van der Waals surface area contributed by atoms with Crippen molar-refractivity contribution >= 4 is 29.6 Å². The number of benzene rings is 2. The maximum atomic E-state index is 2.57. The fourth-order valence-electron chi connectivity index (χ4n) is 6.16. The van der Waals surface area contributed by atoms with E-state index in [1.165, 1.54) is 11.1 Å². The van der Waals surface area contributed by atoms with Gasteiger partial charge < -0.3 is 0 Å². The summed E-state index contributed by atoms with van der Waals surface area (Å²) in [7, 11) is -1.81. The molecule has 0 saturated heterocycles. The van der Waals surface area contributed by atoms with Crippen LogP contribution in [0.15, 0.2) is 47.5 Å². The van der Waals surface area contributed by atoms with Gasteiger partial charge in [0.1, 0.15) is 8.07 Å². The van der Waals surface area contributed by atoms with Gasteiger partial charge in [-0.25, -0.2) is 0 Å². The lowest BCUT2D eigenvalue weighted by molar-refractivity contribution is 0.851. The molecular weight excluding hydrogens is 364 g/mol. The Balaban J connectivity index is 1.85. The third kappa shape index (κ3) is 3.10. The molecule has 2 aromatic carbocycles. The van der Waals surface area contributed by atoms with Gasteiger partial charge in [0.15, 0.2) is 0 Å². The zero-order valence-electron chi connectivity index (χ0n) is 19.5. The highest BCUT2D eigenvalue weighted by atomic mass is 28.3. The molecule has 2 aliphatic rings. The van der Waals surface area contributed by atoms with Crippen LogP contribution in [0.1, 0.15) is 63.8 Å². The standard InChI is InChI=1S/C28H36Si/c1-17(2)27-19(5)15-23-21(27)11-9-13-25(23)29(7,8)26-14-10-12-22-24(26)16-20(6)28(22)18(3)4/h9-14,17-18H,15-16H2,1-8H3. The smallest absolute Gasteiger partial charge is 0.0648 e. The molecule has 0 spiro atoms. The second-order valence-corrected chi connectivity index (χ2v) is 14.7. The first kappa shape index (κ1) is 20.4. The predicted octanol–water partition coefficient (Wildman–Crippen LogP) is 6.48. The highest BCUT2D eigenvalue weighted by Gasteiger charge is 2.36. The molecule has 0 radical (unpaired) electrons. The van der Waals surface area contributed by atoms with Crippen molar-refractivity contribution in [1.82, 2.24) is 0 Å². The van der Waals surface area contributed by atoms with Gasteiger partial charge in [-0.1, -0.05) is 98.7 Å². The Morgan fingerprint density at radius 2 is 1.03 bits per heavy atom. The minimum atomic E-state index is -1.81. The minimum Gasteiger partial charge on any atom is -0.0648 e. The molecule has 1 heteroatoms. The normalized spacial score (nSPS) is 16.3. The Labute approximate surface area is 178 Å². The van der Waals surface area contributed by atoms with Crippen molar-refractivity contribution in [3.05, 3.63) is 69.8 Å². The topological polar surface area (TPSA) is 0 Å². The van der Waals surface area contributed by atoms with E-state index in [9.17, 15) is 0 Å². The van der Waals surface area contributed by atoms with Gasteiger partial charge in [-0.2, -0.15) is 0 Å². The lowest BCUT2D eigenvalue weighted by Crippen LogP contribution is -2.55. The minimum absolute atomic E-state index is 0.595. The third-order valence-corrected chi connectivity index (χ3v) is 10.9. The highest BCUT2D eigenvalue weighted by molar-refractivity contribution is 7.01. The molecule has 0 fully saturated rings. The molecule has 0 N–H and O–H groups in total. The quantitative estimate of drug-likeness (QED) is 0.515. The summed E-state index contributed by atoms with van der Waals surface area (Å²) in [6.07, 6.45) is 2.28. The van der Waals surface area contributed by atoms with Gasteiger partial charge in [-0.15, -0.1) is 0 Å². The number of hydrogen-bond acceptors (Lipinski definition) is 0. The van der Waals surface area contributed by atoms with Gasteiger partial charge >= 0.3 is 0 Å². The summed E-state index contributed by atoms with van der Waals surface area (Å²) in [6, 6.07) is 14.3. The lowest BCUT2D eigenvalue weighted by atomic mass is 9.95. The van der Waals surface area contributed by atoms with Crippen LogP contribution >= 0.6 is 0 Å². The average molecular weight is 401 g/mol. The molecule has 0 nitrogen and oxygen atoms in total. The second-order valence-electron chi connectivity index (χ2n) is 10.3. The van der Waals surface area contributed by atoms with E-state index in [-0.39, 0.29) is 0 Å².